The Kier molecular flexibility index (Phi) is 11.0. The number of carbonyl (C=O) groups is 2. The zero-order valence-electron chi connectivity index (χ0n) is 25.0. The lowest BCUT2D eigenvalue weighted by Crippen LogP contribution is -2.47. The van der Waals surface area contributed by atoms with Crippen molar-refractivity contribution in [2.75, 3.05) is 32.4 Å². The largest absolute Gasteiger partial charge is 0.497 e. The van der Waals surface area contributed by atoms with Crippen LogP contribution in [0.2, 0.25) is 0 Å². The van der Waals surface area contributed by atoms with E-state index in [2.05, 4.69) is 15.3 Å². The van der Waals surface area contributed by atoms with Crippen LogP contribution in [0.4, 0.5) is 5.69 Å². The van der Waals surface area contributed by atoms with E-state index in [0.29, 0.717) is 33.8 Å². The highest BCUT2D eigenvalue weighted by Crippen LogP contribution is 2.30. The van der Waals surface area contributed by atoms with E-state index in [1.807, 2.05) is 56.5 Å². The molecule has 0 radical (unpaired) electrons. The summed E-state index contributed by atoms with van der Waals surface area (Å²) >= 11 is 2.69. The van der Waals surface area contributed by atoms with Gasteiger partial charge in [-0.15, -0.1) is 11.3 Å². The van der Waals surface area contributed by atoms with Crippen LogP contribution in [0, 0.1) is 13.8 Å². The summed E-state index contributed by atoms with van der Waals surface area (Å²) in [5.41, 5.74) is 3.85. The lowest BCUT2D eigenvalue weighted by molar-refractivity contribution is -0.137. The van der Waals surface area contributed by atoms with Crippen molar-refractivity contribution in [1.82, 2.24) is 19.9 Å². The van der Waals surface area contributed by atoms with Crippen LogP contribution in [0.5, 0.6) is 17.2 Å². The highest BCUT2D eigenvalue weighted by atomic mass is 32.2. The van der Waals surface area contributed by atoms with Crippen molar-refractivity contribution in [1.29, 1.82) is 0 Å². The molecule has 4 aromatic rings. The van der Waals surface area contributed by atoms with Crippen LogP contribution in [0.25, 0.3) is 11.3 Å². The number of thioether (sulfide) groups is 1. The van der Waals surface area contributed by atoms with Gasteiger partial charge in [0.25, 0.3) is 0 Å². The number of thiazole rings is 1. The van der Waals surface area contributed by atoms with Crippen molar-refractivity contribution in [3.63, 3.8) is 0 Å². The normalized spacial score (nSPS) is 11.5. The summed E-state index contributed by atoms with van der Waals surface area (Å²) in [7, 11) is 4.70. The number of rotatable bonds is 13. The average molecular weight is 622 g/mol. The van der Waals surface area contributed by atoms with E-state index in [1.54, 1.807) is 37.3 Å². The van der Waals surface area contributed by atoms with Gasteiger partial charge in [0, 0.05) is 28.4 Å². The van der Waals surface area contributed by atoms with Crippen molar-refractivity contribution in [3.8, 4) is 28.5 Å². The Hall–Kier alpha value is -4.16. The lowest BCUT2D eigenvalue weighted by atomic mass is 10.1. The second-order valence-corrected chi connectivity index (χ2v) is 11.5. The molecule has 1 unspecified atom stereocenters. The zero-order chi connectivity index (χ0) is 30.9. The molecule has 0 aliphatic heterocycles. The topological polar surface area (TPSA) is 116 Å². The van der Waals surface area contributed by atoms with Gasteiger partial charge in [-0.1, -0.05) is 18.7 Å². The van der Waals surface area contributed by atoms with Gasteiger partial charge in [0.1, 0.15) is 28.3 Å². The molecule has 0 aliphatic carbocycles. The van der Waals surface area contributed by atoms with Crippen molar-refractivity contribution < 1.29 is 23.8 Å². The van der Waals surface area contributed by atoms with Crippen LogP contribution >= 0.6 is 23.1 Å². The predicted octanol–water partition coefficient (Wildman–Crippen LogP) is 5.78. The molecule has 226 valence electrons. The van der Waals surface area contributed by atoms with E-state index in [0.717, 1.165) is 28.4 Å². The number of carbonyl (C=O) groups excluding carboxylic acids is 2. The van der Waals surface area contributed by atoms with Crippen LogP contribution < -0.4 is 19.5 Å². The summed E-state index contributed by atoms with van der Waals surface area (Å²) in [5, 5.41) is 6.11. The molecule has 1 N–H and O–H groups in total. The Morgan fingerprint density at radius 1 is 0.930 bits per heavy atom. The van der Waals surface area contributed by atoms with Gasteiger partial charge in [0.15, 0.2) is 5.16 Å². The number of nitrogens with zero attached hydrogens (tertiary/aromatic N) is 4. The molecule has 2 aromatic carbocycles. The molecule has 2 heterocycles. The molecule has 12 heteroatoms. The third kappa shape index (κ3) is 8.23. The van der Waals surface area contributed by atoms with E-state index in [1.165, 1.54) is 30.2 Å². The number of hydrogen-bond acceptors (Lipinski definition) is 10. The maximum atomic E-state index is 13.8. The first kappa shape index (κ1) is 31.8. The first-order chi connectivity index (χ1) is 20.7. The highest BCUT2D eigenvalue weighted by Gasteiger charge is 2.30. The van der Waals surface area contributed by atoms with Crippen molar-refractivity contribution in [2.45, 2.75) is 44.9 Å². The minimum Gasteiger partial charge on any atom is -0.497 e. The van der Waals surface area contributed by atoms with Gasteiger partial charge in [-0.05, 0) is 62.7 Å². The second kappa shape index (κ2) is 14.8. The molecule has 0 fully saturated rings. The number of methoxy groups -OCH3 is 3. The van der Waals surface area contributed by atoms with Crippen LogP contribution in [0.1, 0.15) is 29.7 Å². The Morgan fingerprint density at radius 2 is 1.60 bits per heavy atom. The SMILES string of the molecule is CCC(C(=O)Nc1ccc(OC)cc1OC)N(Cc1nc(-c2ccc(OC)cc2)cs1)C(=O)CSc1nc(C)cc(C)n1. The number of benzene rings is 2. The molecule has 0 aliphatic rings. The van der Waals surface area contributed by atoms with E-state index in [-0.39, 0.29) is 24.1 Å². The fraction of sp³-hybridized carbons (Fsp3) is 0.323. The Bertz CT molecular complexity index is 1540. The Balaban J connectivity index is 1.59. The molecule has 2 aromatic heterocycles. The molecule has 10 nitrogen and oxygen atoms in total. The molecular weight excluding hydrogens is 587 g/mol. The smallest absolute Gasteiger partial charge is 0.247 e. The van der Waals surface area contributed by atoms with Gasteiger partial charge in [-0.2, -0.15) is 0 Å². The van der Waals surface area contributed by atoms with Crippen molar-refractivity contribution in [2.24, 2.45) is 0 Å². The van der Waals surface area contributed by atoms with Crippen LogP contribution in [0.3, 0.4) is 0 Å². The molecule has 0 bridgehead atoms. The number of nitrogens with one attached hydrogen (secondary N) is 1. The minimum atomic E-state index is -0.770. The molecular formula is C31H35N5O5S2. The van der Waals surface area contributed by atoms with Crippen molar-refractivity contribution in [3.05, 3.63) is 70.3 Å². The first-order valence-corrected chi connectivity index (χ1v) is 15.5. The number of amides is 2. The predicted molar refractivity (Wildman–Crippen MR) is 169 cm³/mol. The van der Waals surface area contributed by atoms with Crippen LogP contribution in [-0.2, 0) is 16.1 Å². The maximum absolute atomic E-state index is 13.8. The summed E-state index contributed by atoms with van der Waals surface area (Å²) in [6.45, 7) is 5.82. The molecule has 2 amide bonds. The van der Waals surface area contributed by atoms with Gasteiger partial charge >= 0.3 is 0 Å². The van der Waals surface area contributed by atoms with Crippen LogP contribution in [0.15, 0.2) is 59.1 Å². The van der Waals surface area contributed by atoms with Crippen LogP contribution in [-0.4, -0.2) is 64.8 Å². The first-order valence-electron chi connectivity index (χ1n) is 13.6. The van der Waals surface area contributed by atoms with E-state index < -0.39 is 6.04 Å². The molecule has 43 heavy (non-hydrogen) atoms. The molecule has 0 saturated heterocycles. The summed E-state index contributed by atoms with van der Waals surface area (Å²) in [5.74, 6) is 1.31. The fourth-order valence-electron chi connectivity index (χ4n) is 4.43. The number of anilines is 1. The van der Waals surface area contributed by atoms with Gasteiger partial charge in [0.2, 0.25) is 11.8 Å². The average Bonchev–Trinajstić information content (AvgIpc) is 3.48. The van der Waals surface area contributed by atoms with Gasteiger partial charge < -0.3 is 24.4 Å². The highest BCUT2D eigenvalue weighted by molar-refractivity contribution is 7.99. The monoisotopic (exact) mass is 621 g/mol. The minimum absolute atomic E-state index is 0.0647. The van der Waals surface area contributed by atoms with Gasteiger partial charge in [-0.25, -0.2) is 15.0 Å². The Labute approximate surface area is 259 Å². The van der Waals surface area contributed by atoms with E-state index in [4.69, 9.17) is 19.2 Å². The summed E-state index contributed by atoms with van der Waals surface area (Å²) < 4.78 is 16.0. The second-order valence-electron chi connectivity index (χ2n) is 9.58. The number of ether oxygens (including phenoxy) is 3. The maximum Gasteiger partial charge on any atom is 0.247 e. The summed E-state index contributed by atoms with van der Waals surface area (Å²) in [6, 6.07) is 13.9. The third-order valence-electron chi connectivity index (χ3n) is 6.58. The zero-order valence-corrected chi connectivity index (χ0v) is 26.7. The van der Waals surface area contributed by atoms with Crippen molar-refractivity contribution >= 4 is 40.6 Å². The van der Waals surface area contributed by atoms with Gasteiger partial charge in [0.05, 0.1) is 45.0 Å². The number of hydrogen-bond donors (Lipinski definition) is 1. The molecule has 0 saturated carbocycles. The summed E-state index contributed by atoms with van der Waals surface area (Å²) in [6.07, 6.45) is 0.386. The van der Waals surface area contributed by atoms with E-state index in [9.17, 15) is 9.59 Å². The number of aryl methyl sites for hydroxylation is 2. The third-order valence-corrected chi connectivity index (χ3v) is 8.25. The molecule has 0 spiro atoms. The molecule has 4 rings (SSSR count). The standard InChI is InChI=1S/C31H35N5O5S2/c1-7-26(30(38)35-24-13-12-23(40-5)15-27(24)41-6)36(29(37)18-43-31-32-19(2)14-20(3)33-31)16-28-34-25(17-42-28)21-8-10-22(39-4)11-9-21/h8-15,17,26H,7,16,18H2,1-6H3,(H,35,38). The quantitative estimate of drug-likeness (QED) is 0.146. The molecule has 1 atom stereocenters. The van der Waals surface area contributed by atoms with E-state index >= 15 is 0 Å². The Morgan fingerprint density at radius 3 is 2.23 bits per heavy atom. The fourth-order valence-corrected chi connectivity index (χ4v) is 6.06. The lowest BCUT2D eigenvalue weighted by Gasteiger charge is -2.30. The summed E-state index contributed by atoms with van der Waals surface area (Å²) in [4.78, 5) is 42.8. The van der Waals surface area contributed by atoms with Gasteiger partial charge in [-0.3, -0.25) is 9.59 Å². The number of aromatic nitrogens is 3.